The van der Waals surface area contributed by atoms with Gasteiger partial charge in [-0.2, -0.15) is 0 Å². The summed E-state index contributed by atoms with van der Waals surface area (Å²) in [6.45, 7) is 10.1. The van der Waals surface area contributed by atoms with Gasteiger partial charge in [0.25, 0.3) is 0 Å². The molecule has 47 heavy (non-hydrogen) atoms. The van der Waals surface area contributed by atoms with Gasteiger partial charge in [-0.15, -0.1) is 0 Å². The topological polar surface area (TPSA) is 90.4 Å². The van der Waals surface area contributed by atoms with Gasteiger partial charge >= 0.3 is 5.97 Å². The maximum absolute atomic E-state index is 11.2. The number of carboxylic acid groups (broad SMARTS) is 1. The second kappa shape index (κ2) is 11.9. The van der Waals surface area contributed by atoms with Crippen LogP contribution in [0.3, 0.4) is 0 Å². The summed E-state index contributed by atoms with van der Waals surface area (Å²) in [7, 11) is 0. The first kappa shape index (κ1) is 31.0. The van der Waals surface area contributed by atoms with Crippen LogP contribution < -0.4 is 10.5 Å². The first-order valence-corrected chi connectivity index (χ1v) is 17.0. The van der Waals surface area contributed by atoms with Gasteiger partial charge in [0, 0.05) is 17.8 Å². The molecule has 2 aliphatic rings. The summed E-state index contributed by atoms with van der Waals surface area (Å²) in [6.07, 6.45) is 5.87. The Balaban J connectivity index is 1.32. The molecule has 3 atom stereocenters. The maximum atomic E-state index is 11.2. The normalized spacial score (nSPS) is 22.2. The number of aryl methyl sites for hydroxylation is 1. The summed E-state index contributed by atoms with van der Waals surface area (Å²) in [4.78, 5) is 16.5. The SMILES string of the molecule is CC(C)c1ccc2c(c1)CC[C@H]1[C@](C)(Cn3c(-c4cccc(OCC(=O)O)c4)nc4cc(-c5cccc(N)c5)ccc43)CCC[C@]21C. The molecule has 0 aliphatic heterocycles. The Morgan fingerprint density at radius 3 is 2.55 bits per heavy atom. The molecule has 0 bridgehead atoms. The van der Waals surface area contributed by atoms with Gasteiger partial charge in [0.2, 0.25) is 0 Å². The van der Waals surface area contributed by atoms with Crippen molar-refractivity contribution < 1.29 is 14.6 Å². The third-order valence-corrected chi connectivity index (χ3v) is 11.1. The number of aliphatic carboxylic acids is 1. The lowest BCUT2D eigenvalue weighted by Crippen LogP contribution is -2.50. The third-order valence-electron chi connectivity index (χ3n) is 11.1. The van der Waals surface area contributed by atoms with Crippen LogP contribution >= 0.6 is 0 Å². The third kappa shape index (κ3) is 5.68. The van der Waals surface area contributed by atoms with E-state index in [0.29, 0.717) is 17.6 Å². The summed E-state index contributed by atoms with van der Waals surface area (Å²) < 4.78 is 8.01. The number of nitrogen functional groups attached to an aromatic ring is 1. The molecule has 1 heterocycles. The van der Waals surface area contributed by atoms with Crippen LogP contribution in [0.5, 0.6) is 5.75 Å². The lowest BCUT2D eigenvalue weighted by Gasteiger charge is -2.56. The highest BCUT2D eigenvalue weighted by molar-refractivity contribution is 5.86. The summed E-state index contributed by atoms with van der Waals surface area (Å²) in [5.41, 5.74) is 16.6. The largest absolute Gasteiger partial charge is 0.482 e. The Bertz CT molecular complexity index is 1980. The number of ether oxygens (including phenoxy) is 1. The minimum Gasteiger partial charge on any atom is -0.482 e. The highest BCUT2D eigenvalue weighted by Gasteiger charge is 2.52. The van der Waals surface area contributed by atoms with Gasteiger partial charge in [-0.25, -0.2) is 9.78 Å². The average molecular weight is 628 g/mol. The number of hydrogen-bond acceptors (Lipinski definition) is 4. The van der Waals surface area contributed by atoms with Crippen LogP contribution in [0.1, 0.15) is 76.0 Å². The molecule has 0 saturated heterocycles. The number of hydrogen-bond donors (Lipinski definition) is 2. The number of rotatable bonds is 8. The van der Waals surface area contributed by atoms with E-state index in [1.807, 2.05) is 36.4 Å². The number of imidazole rings is 1. The molecular formula is C41H45N3O3. The van der Waals surface area contributed by atoms with Crippen LogP contribution in [0.15, 0.2) is 84.9 Å². The number of nitrogens with zero attached hydrogens (tertiary/aromatic N) is 2. The lowest BCUT2D eigenvalue weighted by molar-refractivity contribution is -0.139. The minimum atomic E-state index is -1.00. The fourth-order valence-electron chi connectivity index (χ4n) is 8.83. The van der Waals surface area contributed by atoms with Gasteiger partial charge in [-0.05, 0) is 113 Å². The zero-order valence-electron chi connectivity index (χ0n) is 27.9. The second-order valence-corrected chi connectivity index (χ2v) is 14.6. The maximum Gasteiger partial charge on any atom is 0.341 e. The Morgan fingerprint density at radius 2 is 1.77 bits per heavy atom. The van der Waals surface area contributed by atoms with Crippen molar-refractivity contribution in [3.63, 3.8) is 0 Å². The van der Waals surface area contributed by atoms with Crippen LogP contribution in [-0.2, 0) is 23.2 Å². The van der Waals surface area contributed by atoms with Crippen LogP contribution in [0, 0.1) is 11.3 Å². The Labute approximate surface area is 277 Å². The molecule has 2 aliphatic carbocycles. The Morgan fingerprint density at radius 1 is 0.979 bits per heavy atom. The molecule has 7 rings (SSSR count). The van der Waals surface area contributed by atoms with Crippen molar-refractivity contribution in [2.24, 2.45) is 11.3 Å². The first-order valence-electron chi connectivity index (χ1n) is 17.0. The molecule has 0 unspecified atom stereocenters. The van der Waals surface area contributed by atoms with Gasteiger partial charge in [0.15, 0.2) is 6.61 Å². The zero-order chi connectivity index (χ0) is 32.9. The molecule has 0 radical (unpaired) electrons. The molecule has 1 fully saturated rings. The number of aromatic nitrogens is 2. The van der Waals surface area contributed by atoms with Crippen LogP contribution in [-0.4, -0.2) is 27.2 Å². The van der Waals surface area contributed by atoms with Gasteiger partial charge in [-0.1, -0.05) is 82.6 Å². The van der Waals surface area contributed by atoms with Gasteiger partial charge in [0.1, 0.15) is 11.6 Å². The van der Waals surface area contributed by atoms with Crippen LogP contribution in [0.25, 0.3) is 33.5 Å². The number of fused-ring (bicyclic) bond motifs is 4. The molecule has 5 aromatic rings. The van der Waals surface area contributed by atoms with E-state index in [1.165, 1.54) is 24.8 Å². The van der Waals surface area contributed by atoms with Crippen LogP contribution in [0.4, 0.5) is 5.69 Å². The smallest absolute Gasteiger partial charge is 0.341 e. The first-order chi connectivity index (χ1) is 22.5. The highest BCUT2D eigenvalue weighted by Crippen LogP contribution is 2.58. The number of carbonyl (C=O) groups is 1. The van der Waals surface area contributed by atoms with Crippen molar-refractivity contribution in [2.75, 3.05) is 12.3 Å². The van der Waals surface area contributed by atoms with Gasteiger partial charge in [0.05, 0.1) is 11.0 Å². The summed E-state index contributed by atoms with van der Waals surface area (Å²) in [5.74, 6) is 1.45. The molecule has 6 heteroatoms. The fraction of sp³-hybridized carbons (Fsp3) is 0.366. The molecular weight excluding hydrogens is 582 g/mol. The molecule has 6 nitrogen and oxygen atoms in total. The molecule has 0 amide bonds. The molecule has 1 aromatic heterocycles. The van der Waals surface area contributed by atoms with E-state index in [9.17, 15) is 9.90 Å². The monoisotopic (exact) mass is 627 g/mol. The van der Waals surface area contributed by atoms with E-state index < -0.39 is 5.97 Å². The molecule has 242 valence electrons. The van der Waals surface area contributed by atoms with Crippen molar-refractivity contribution in [3.05, 3.63) is 102 Å². The predicted molar refractivity (Wildman–Crippen MR) is 190 cm³/mol. The van der Waals surface area contributed by atoms with Gasteiger partial charge in [-0.3, -0.25) is 0 Å². The standard InChI is InChI=1S/C41H45N3O3/c1-26(2)27-12-15-34-30(20-27)14-17-37-40(3,18-7-19-41(34,37)4)25-44-36-16-13-29(28-8-5-10-32(42)21-28)23-35(36)43-39(44)31-9-6-11-33(22-31)47-24-38(45)46/h5-6,8-13,15-16,20-23,26,37H,7,14,17-19,24-25,42H2,1-4H3,(H,45,46)/t37-,40-,41+/m0/s1. The summed E-state index contributed by atoms with van der Waals surface area (Å²) in [5, 5.41) is 9.21. The van der Waals surface area contributed by atoms with E-state index in [4.69, 9.17) is 15.5 Å². The quantitative estimate of drug-likeness (QED) is 0.167. The molecule has 0 spiro atoms. The summed E-state index contributed by atoms with van der Waals surface area (Å²) in [6, 6.07) is 29.4. The number of anilines is 1. The molecule has 4 aromatic carbocycles. The highest BCUT2D eigenvalue weighted by atomic mass is 16.5. The van der Waals surface area contributed by atoms with Crippen molar-refractivity contribution >= 4 is 22.7 Å². The zero-order valence-corrected chi connectivity index (χ0v) is 27.9. The summed E-state index contributed by atoms with van der Waals surface area (Å²) >= 11 is 0. The number of nitrogens with two attached hydrogens (primary N) is 1. The second-order valence-electron chi connectivity index (χ2n) is 14.6. The minimum absolute atomic E-state index is 0.0494. The van der Waals surface area contributed by atoms with E-state index in [1.54, 1.807) is 17.2 Å². The number of benzene rings is 4. The van der Waals surface area contributed by atoms with Crippen molar-refractivity contribution in [1.82, 2.24) is 9.55 Å². The Kier molecular flexibility index (Phi) is 7.86. The van der Waals surface area contributed by atoms with Crippen molar-refractivity contribution in [2.45, 2.75) is 77.7 Å². The molecule has 1 saturated carbocycles. The van der Waals surface area contributed by atoms with E-state index in [2.05, 4.69) is 74.7 Å². The van der Waals surface area contributed by atoms with Crippen molar-refractivity contribution in [1.29, 1.82) is 0 Å². The Hall–Kier alpha value is -4.58. The molecule has 3 N–H and O–H groups in total. The van der Waals surface area contributed by atoms with E-state index in [-0.39, 0.29) is 17.4 Å². The average Bonchev–Trinajstić information content (AvgIpc) is 3.40. The van der Waals surface area contributed by atoms with Crippen molar-refractivity contribution in [3.8, 4) is 28.3 Å². The fourth-order valence-corrected chi connectivity index (χ4v) is 8.83. The lowest BCUT2D eigenvalue weighted by atomic mass is 9.49. The van der Waals surface area contributed by atoms with Gasteiger partial charge < -0.3 is 20.1 Å². The number of carboxylic acids is 1. The van der Waals surface area contributed by atoms with Crippen LogP contribution in [0.2, 0.25) is 0 Å². The van der Waals surface area contributed by atoms with E-state index >= 15 is 0 Å². The predicted octanol–water partition coefficient (Wildman–Crippen LogP) is 9.25. The van der Waals surface area contributed by atoms with E-state index in [0.717, 1.165) is 58.6 Å².